The van der Waals surface area contributed by atoms with E-state index in [0.717, 1.165) is 55.9 Å². The highest BCUT2D eigenvalue weighted by Gasteiger charge is 2.58. The van der Waals surface area contributed by atoms with Crippen LogP contribution in [0.15, 0.2) is 0 Å². The number of fused-ring (bicyclic) bond motifs is 5. The molecule has 1 saturated heterocycles. The van der Waals surface area contributed by atoms with Crippen LogP contribution in [-0.2, 0) is 4.79 Å². The molecule has 148 valence electrons. The molecule has 2 unspecified atom stereocenters. The van der Waals surface area contributed by atoms with Crippen LogP contribution in [0.2, 0.25) is 0 Å². The molecule has 4 aliphatic rings. The first-order valence-corrected chi connectivity index (χ1v) is 11.5. The predicted molar refractivity (Wildman–Crippen MR) is 107 cm³/mol. The van der Waals surface area contributed by atoms with E-state index in [1.54, 1.807) is 0 Å². The van der Waals surface area contributed by atoms with Crippen LogP contribution in [0.3, 0.4) is 0 Å². The van der Waals surface area contributed by atoms with E-state index >= 15 is 0 Å². The van der Waals surface area contributed by atoms with Crippen molar-refractivity contribution in [2.24, 2.45) is 35.0 Å². The average molecular weight is 361 g/mol. The maximum absolute atomic E-state index is 12.6. The summed E-state index contributed by atoms with van der Waals surface area (Å²) in [7, 11) is 0. The largest absolute Gasteiger partial charge is 0.356 e. The van der Waals surface area contributed by atoms with Gasteiger partial charge in [-0.2, -0.15) is 0 Å². The highest BCUT2D eigenvalue weighted by molar-refractivity contribution is 5.78. The van der Waals surface area contributed by atoms with Crippen LogP contribution in [0.4, 0.5) is 0 Å². The fourth-order valence-electron chi connectivity index (χ4n) is 7.61. The first kappa shape index (κ1) is 18.8. The van der Waals surface area contributed by atoms with Gasteiger partial charge in [-0.3, -0.25) is 4.79 Å². The van der Waals surface area contributed by atoms with Gasteiger partial charge in [-0.25, -0.2) is 0 Å². The molecule has 1 amide bonds. The van der Waals surface area contributed by atoms with E-state index in [4.69, 9.17) is 0 Å². The molecule has 26 heavy (non-hydrogen) atoms. The highest BCUT2D eigenvalue weighted by atomic mass is 16.1. The number of hydrogen-bond donors (Lipinski definition) is 2. The Bertz CT molecular complexity index is 534. The van der Waals surface area contributed by atoms with Gasteiger partial charge in [0.15, 0.2) is 0 Å². The summed E-state index contributed by atoms with van der Waals surface area (Å²) < 4.78 is 0. The molecule has 0 bridgehead atoms. The maximum atomic E-state index is 12.6. The van der Waals surface area contributed by atoms with Crippen molar-refractivity contribution < 1.29 is 4.79 Å². The van der Waals surface area contributed by atoms with Gasteiger partial charge in [0.25, 0.3) is 0 Å². The van der Waals surface area contributed by atoms with Crippen molar-refractivity contribution in [3.8, 4) is 0 Å². The van der Waals surface area contributed by atoms with E-state index in [9.17, 15) is 4.79 Å². The predicted octanol–water partition coefficient (Wildman–Crippen LogP) is 4.51. The molecule has 1 heterocycles. The monoisotopic (exact) mass is 360 g/mol. The Morgan fingerprint density at radius 1 is 1.08 bits per heavy atom. The topological polar surface area (TPSA) is 41.1 Å². The quantitative estimate of drug-likeness (QED) is 0.724. The van der Waals surface area contributed by atoms with Crippen LogP contribution >= 0.6 is 0 Å². The molecule has 0 spiro atoms. The zero-order chi connectivity index (χ0) is 18.4. The van der Waals surface area contributed by atoms with Gasteiger partial charge in [-0.15, -0.1) is 0 Å². The van der Waals surface area contributed by atoms with Crippen molar-refractivity contribution in [2.75, 3.05) is 13.1 Å². The normalized spacial score (nSPS) is 47.6. The van der Waals surface area contributed by atoms with Gasteiger partial charge in [0.1, 0.15) is 0 Å². The Morgan fingerprint density at radius 3 is 2.73 bits per heavy atom. The molecule has 3 heteroatoms. The third kappa shape index (κ3) is 3.02. The molecule has 1 aliphatic heterocycles. The molecular weight excluding hydrogens is 320 g/mol. The SMILES string of the molecule is CCCCNC(=O)C1CC[C@@]2(C)C(CC[C@@H]3[C@H]2CC[C@]2(C)NCC[C@@H]32)C1. The number of carbonyl (C=O) groups is 1. The Balaban J connectivity index is 1.43. The molecule has 0 aromatic carbocycles. The van der Waals surface area contributed by atoms with Gasteiger partial charge >= 0.3 is 0 Å². The summed E-state index contributed by atoms with van der Waals surface area (Å²) >= 11 is 0. The molecule has 3 aliphatic carbocycles. The van der Waals surface area contributed by atoms with Gasteiger partial charge in [0.2, 0.25) is 5.91 Å². The number of nitrogens with one attached hydrogen (secondary N) is 2. The van der Waals surface area contributed by atoms with Crippen LogP contribution < -0.4 is 10.6 Å². The van der Waals surface area contributed by atoms with Crippen LogP contribution in [0.25, 0.3) is 0 Å². The molecule has 3 nitrogen and oxygen atoms in total. The third-order valence-corrected chi connectivity index (χ3v) is 9.24. The molecule has 0 radical (unpaired) electrons. The van der Waals surface area contributed by atoms with Crippen LogP contribution in [0, 0.1) is 35.0 Å². The second-order valence-corrected chi connectivity index (χ2v) is 10.4. The maximum Gasteiger partial charge on any atom is 0.223 e. The van der Waals surface area contributed by atoms with Crippen molar-refractivity contribution >= 4 is 5.91 Å². The molecule has 4 fully saturated rings. The smallest absolute Gasteiger partial charge is 0.223 e. The Kier molecular flexibility index (Phi) is 5.14. The minimum atomic E-state index is 0.281. The van der Waals surface area contributed by atoms with E-state index in [1.807, 2.05) is 0 Å². The summed E-state index contributed by atoms with van der Waals surface area (Å²) in [5, 5.41) is 7.05. The molecule has 2 N–H and O–H groups in total. The van der Waals surface area contributed by atoms with Gasteiger partial charge in [-0.05, 0) is 100 Å². The van der Waals surface area contributed by atoms with Gasteiger partial charge in [0.05, 0.1) is 0 Å². The highest BCUT2D eigenvalue weighted by Crippen LogP contribution is 2.63. The van der Waals surface area contributed by atoms with Crippen LogP contribution in [0.1, 0.15) is 85.0 Å². The fraction of sp³-hybridized carbons (Fsp3) is 0.957. The Labute approximate surface area is 160 Å². The lowest BCUT2D eigenvalue weighted by atomic mass is 9.45. The van der Waals surface area contributed by atoms with E-state index in [0.29, 0.717) is 16.9 Å². The number of rotatable bonds is 4. The summed E-state index contributed by atoms with van der Waals surface area (Å²) in [6.45, 7) is 9.37. The summed E-state index contributed by atoms with van der Waals surface area (Å²) in [4.78, 5) is 12.6. The van der Waals surface area contributed by atoms with Crippen molar-refractivity contribution in [3.63, 3.8) is 0 Å². The minimum Gasteiger partial charge on any atom is -0.356 e. The molecule has 3 saturated carbocycles. The number of carbonyl (C=O) groups excluding carboxylic acids is 1. The molecule has 0 aromatic heterocycles. The van der Waals surface area contributed by atoms with Crippen molar-refractivity contribution in [2.45, 2.75) is 90.5 Å². The first-order chi connectivity index (χ1) is 12.5. The number of amides is 1. The van der Waals surface area contributed by atoms with E-state index in [2.05, 4.69) is 31.4 Å². The zero-order valence-corrected chi connectivity index (χ0v) is 17.3. The number of hydrogen-bond acceptors (Lipinski definition) is 2. The van der Waals surface area contributed by atoms with E-state index in [1.165, 1.54) is 45.1 Å². The summed E-state index contributed by atoms with van der Waals surface area (Å²) in [5.41, 5.74) is 0.910. The van der Waals surface area contributed by atoms with Crippen molar-refractivity contribution in [3.05, 3.63) is 0 Å². The van der Waals surface area contributed by atoms with E-state index in [-0.39, 0.29) is 5.92 Å². The average Bonchev–Trinajstić information content (AvgIpc) is 3.03. The first-order valence-electron chi connectivity index (χ1n) is 11.5. The van der Waals surface area contributed by atoms with Gasteiger partial charge < -0.3 is 10.6 Å². The molecule has 7 atom stereocenters. The van der Waals surface area contributed by atoms with Crippen LogP contribution in [0.5, 0.6) is 0 Å². The van der Waals surface area contributed by atoms with Crippen molar-refractivity contribution in [1.82, 2.24) is 10.6 Å². The molecule has 4 rings (SSSR count). The third-order valence-electron chi connectivity index (χ3n) is 9.24. The van der Waals surface area contributed by atoms with Gasteiger partial charge in [-0.1, -0.05) is 20.3 Å². The summed E-state index contributed by atoms with van der Waals surface area (Å²) in [6.07, 6.45) is 12.8. The second kappa shape index (κ2) is 7.11. The Morgan fingerprint density at radius 2 is 1.92 bits per heavy atom. The molecule has 0 aromatic rings. The van der Waals surface area contributed by atoms with E-state index < -0.39 is 0 Å². The number of unbranched alkanes of at least 4 members (excludes halogenated alkanes) is 1. The summed E-state index contributed by atoms with van der Waals surface area (Å²) in [5.74, 6) is 4.14. The summed E-state index contributed by atoms with van der Waals surface area (Å²) in [6, 6.07) is 0. The second-order valence-electron chi connectivity index (χ2n) is 10.4. The van der Waals surface area contributed by atoms with Crippen molar-refractivity contribution in [1.29, 1.82) is 0 Å². The molecular formula is C23H40N2O. The Hall–Kier alpha value is -0.570. The fourth-order valence-corrected chi connectivity index (χ4v) is 7.61. The lowest BCUT2D eigenvalue weighted by Crippen LogP contribution is -2.57. The minimum absolute atomic E-state index is 0.281. The zero-order valence-electron chi connectivity index (χ0n) is 17.3. The standard InChI is InChI=1S/C23H40N2O/c1-4-5-13-24-21(26)16-8-11-22(2)17(15-16)6-7-18-19(22)9-12-23(3)20(18)10-14-25-23/h16-20,25H,4-15H2,1-3H3,(H,24,26)/t16?,17?,18-,19-,20+,22+,23+/m1/s1. The van der Waals surface area contributed by atoms with Gasteiger partial charge in [0, 0.05) is 18.0 Å². The lowest BCUT2D eigenvalue weighted by Gasteiger charge is -2.60. The van der Waals surface area contributed by atoms with Crippen LogP contribution in [-0.4, -0.2) is 24.5 Å². The lowest BCUT2D eigenvalue weighted by molar-refractivity contribution is -0.134.